The van der Waals surface area contributed by atoms with Crippen molar-refractivity contribution in [3.05, 3.63) is 33.5 Å². The third kappa shape index (κ3) is 3.14. The Morgan fingerprint density at radius 1 is 1.40 bits per heavy atom. The summed E-state index contributed by atoms with van der Waals surface area (Å²) in [6.45, 7) is 6.36. The van der Waals surface area contributed by atoms with Crippen LogP contribution >= 0.6 is 11.3 Å². The minimum atomic E-state index is -1.02. The summed E-state index contributed by atoms with van der Waals surface area (Å²) in [5.74, 6) is -1.02. The van der Waals surface area contributed by atoms with Gasteiger partial charge < -0.3 is 5.11 Å². The fraction of sp³-hybridized carbons (Fsp3) is 0.357. The van der Waals surface area contributed by atoms with Crippen LogP contribution in [0.25, 0.3) is 12.2 Å². The molecule has 0 aliphatic heterocycles. The molecule has 0 aromatic carbocycles. The standard InChI is InChI=1S/C14H17N3O2S/c1-14(2,3)11-8-20-12(15-11)6-5-9-7-10(13(18)19)16-17(9)4/h5-8H,1-4H3,(H,18,19)/b6-5+. The number of nitrogens with zero attached hydrogens (tertiary/aromatic N) is 3. The molecular weight excluding hydrogens is 274 g/mol. The van der Waals surface area contributed by atoms with Gasteiger partial charge in [0.25, 0.3) is 0 Å². The molecule has 6 heteroatoms. The average Bonchev–Trinajstić information content (AvgIpc) is 2.92. The monoisotopic (exact) mass is 291 g/mol. The molecular formula is C14H17N3O2S. The van der Waals surface area contributed by atoms with Crippen molar-refractivity contribution in [3.8, 4) is 0 Å². The Hall–Kier alpha value is -1.95. The lowest BCUT2D eigenvalue weighted by Crippen LogP contribution is -2.11. The second kappa shape index (κ2) is 5.20. The average molecular weight is 291 g/mol. The molecule has 0 fully saturated rings. The predicted octanol–water partition coefficient (Wildman–Crippen LogP) is 3.04. The van der Waals surface area contributed by atoms with Crippen LogP contribution in [0, 0.1) is 0 Å². The highest BCUT2D eigenvalue weighted by molar-refractivity contribution is 7.10. The van der Waals surface area contributed by atoms with Gasteiger partial charge in [0.1, 0.15) is 5.01 Å². The number of rotatable bonds is 3. The number of aromatic carboxylic acids is 1. The second-order valence-electron chi connectivity index (χ2n) is 5.54. The molecule has 0 aliphatic carbocycles. The Kier molecular flexibility index (Phi) is 3.76. The van der Waals surface area contributed by atoms with E-state index in [2.05, 4.69) is 30.9 Å². The van der Waals surface area contributed by atoms with Crippen LogP contribution in [-0.2, 0) is 12.5 Å². The van der Waals surface area contributed by atoms with Crippen molar-refractivity contribution in [1.82, 2.24) is 14.8 Å². The van der Waals surface area contributed by atoms with Crippen LogP contribution in [0.15, 0.2) is 11.4 Å². The third-order valence-corrected chi connectivity index (χ3v) is 3.63. The predicted molar refractivity (Wildman–Crippen MR) is 79.9 cm³/mol. The van der Waals surface area contributed by atoms with Crippen LogP contribution in [0.1, 0.15) is 47.7 Å². The largest absolute Gasteiger partial charge is 0.476 e. The van der Waals surface area contributed by atoms with Gasteiger partial charge in [0, 0.05) is 17.8 Å². The zero-order valence-electron chi connectivity index (χ0n) is 11.9. The van der Waals surface area contributed by atoms with Crippen molar-refractivity contribution in [1.29, 1.82) is 0 Å². The quantitative estimate of drug-likeness (QED) is 0.943. The van der Waals surface area contributed by atoms with Crippen molar-refractivity contribution >= 4 is 29.5 Å². The van der Waals surface area contributed by atoms with E-state index < -0.39 is 5.97 Å². The molecule has 0 bridgehead atoms. The minimum Gasteiger partial charge on any atom is -0.476 e. The Bertz CT molecular complexity index is 662. The Morgan fingerprint density at radius 3 is 2.60 bits per heavy atom. The van der Waals surface area contributed by atoms with Crippen molar-refractivity contribution in [2.24, 2.45) is 7.05 Å². The van der Waals surface area contributed by atoms with Gasteiger partial charge in [-0.25, -0.2) is 9.78 Å². The summed E-state index contributed by atoms with van der Waals surface area (Å²) in [4.78, 5) is 15.4. The molecule has 2 rings (SSSR count). The van der Waals surface area contributed by atoms with E-state index in [1.165, 1.54) is 10.7 Å². The number of carbonyl (C=O) groups is 1. The summed E-state index contributed by atoms with van der Waals surface area (Å²) in [6, 6.07) is 1.54. The van der Waals surface area contributed by atoms with Crippen LogP contribution in [0.5, 0.6) is 0 Å². The lowest BCUT2D eigenvalue weighted by Gasteiger charge is -2.13. The first-order chi connectivity index (χ1) is 9.27. The highest BCUT2D eigenvalue weighted by Crippen LogP contribution is 2.24. The van der Waals surface area contributed by atoms with Gasteiger partial charge in [0.2, 0.25) is 0 Å². The maximum atomic E-state index is 10.8. The van der Waals surface area contributed by atoms with Gasteiger partial charge in [-0.15, -0.1) is 11.3 Å². The summed E-state index contributed by atoms with van der Waals surface area (Å²) in [5, 5.41) is 15.7. The summed E-state index contributed by atoms with van der Waals surface area (Å²) < 4.78 is 1.54. The lowest BCUT2D eigenvalue weighted by atomic mass is 9.93. The smallest absolute Gasteiger partial charge is 0.356 e. The highest BCUT2D eigenvalue weighted by atomic mass is 32.1. The number of hydrogen-bond donors (Lipinski definition) is 1. The van der Waals surface area contributed by atoms with Gasteiger partial charge in [-0.1, -0.05) is 20.8 Å². The van der Waals surface area contributed by atoms with Crippen molar-refractivity contribution < 1.29 is 9.90 Å². The normalized spacial score (nSPS) is 12.2. The lowest BCUT2D eigenvalue weighted by molar-refractivity contribution is 0.0689. The number of thiazole rings is 1. The van der Waals surface area contributed by atoms with E-state index in [4.69, 9.17) is 5.11 Å². The highest BCUT2D eigenvalue weighted by Gasteiger charge is 2.16. The first-order valence-corrected chi connectivity index (χ1v) is 7.07. The van der Waals surface area contributed by atoms with Crippen LogP contribution in [0.2, 0.25) is 0 Å². The van der Waals surface area contributed by atoms with Gasteiger partial charge in [-0.3, -0.25) is 4.68 Å². The number of carboxylic acid groups (broad SMARTS) is 1. The number of aromatic nitrogens is 3. The molecule has 0 unspecified atom stereocenters. The molecule has 0 saturated carbocycles. The van der Waals surface area contributed by atoms with Gasteiger partial charge >= 0.3 is 5.97 Å². The van der Waals surface area contributed by atoms with E-state index >= 15 is 0 Å². The molecule has 0 radical (unpaired) electrons. The Morgan fingerprint density at radius 2 is 2.10 bits per heavy atom. The summed E-state index contributed by atoms with van der Waals surface area (Å²) in [5.41, 5.74) is 1.86. The van der Waals surface area contributed by atoms with Gasteiger partial charge in [0.15, 0.2) is 5.69 Å². The van der Waals surface area contributed by atoms with E-state index in [-0.39, 0.29) is 11.1 Å². The molecule has 5 nitrogen and oxygen atoms in total. The molecule has 0 spiro atoms. The molecule has 106 valence electrons. The first kappa shape index (κ1) is 14.5. The van der Waals surface area contributed by atoms with Gasteiger partial charge in [-0.2, -0.15) is 5.10 Å². The second-order valence-corrected chi connectivity index (χ2v) is 6.43. The molecule has 2 aromatic heterocycles. The molecule has 1 N–H and O–H groups in total. The molecule has 0 atom stereocenters. The van der Waals surface area contributed by atoms with Crippen molar-refractivity contribution in [2.75, 3.05) is 0 Å². The van der Waals surface area contributed by atoms with E-state index in [1.54, 1.807) is 18.4 Å². The summed E-state index contributed by atoms with van der Waals surface area (Å²) in [7, 11) is 1.72. The van der Waals surface area contributed by atoms with E-state index in [9.17, 15) is 4.79 Å². The SMILES string of the molecule is Cn1nc(C(=O)O)cc1/C=C/c1nc(C(C)(C)C)cs1. The first-order valence-electron chi connectivity index (χ1n) is 6.19. The summed E-state index contributed by atoms with van der Waals surface area (Å²) >= 11 is 1.57. The van der Waals surface area contributed by atoms with E-state index in [1.807, 2.05) is 17.5 Å². The fourth-order valence-corrected chi connectivity index (χ4v) is 2.54. The molecule has 20 heavy (non-hydrogen) atoms. The third-order valence-electron chi connectivity index (χ3n) is 2.82. The van der Waals surface area contributed by atoms with Crippen molar-refractivity contribution in [3.63, 3.8) is 0 Å². The minimum absolute atomic E-state index is 0.0333. The maximum absolute atomic E-state index is 10.8. The zero-order chi connectivity index (χ0) is 14.9. The number of carboxylic acids is 1. The molecule has 2 aromatic rings. The van der Waals surface area contributed by atoms with E-state index in [0.717, 1.165) is 16.4 Å². The van der Waals surface area contributed by atoms with Crippen LogP contribution in [0.4, 0.5) is 0 Å². The Balaban J connectivity index is 2.21. The molecule has 2 heterocycles. The van der Waals surface area contributed by atoms with Crippen LogP contribution < -0.4 is 0 Å². The zero-order valence-corrected chi connectivity index (χ0v) is 12.7. The molecule has 0 amide bonds. The fourth-order valence-electron chi connectivity index (χ4n) is 1.61. The summed E-state index contributed by atoms with van der Waals surface area (Å²) in [6.07, 6.45) is 3.70. The Labute approximate surface area is 121 Å². The van der Waals surface area contributed by atoms with Gasteiger partial charge in [0.05, 0.1) is 11.4 Å². The molecule has 0 saturated heterocycles. The molecule has 0 aliphatic rings. The van der Waals surface area contributed by atoms with Crippen molar-refractivity contribution in [2.45, 2.75) is 26.2 Å². The number of hydrogen-bond acceptors (Lipinski definition) is 4. The van der Waals surface area contributed by atoms with Crippen LogP contribution in [-0.4, -0.2) is 25.8 Å². The maximum Gasteiger partial charge on any atom is 0.356 e. The van der Waals surface area contributed by atoms with Gasteiger partial charge in [-0.05, 0) is 18.2 Å². The van der Waals surface area contributed by atoms with Crippen LogP contribution in [0.3, 0.4) is 0 Å². The van der Waals surface area contributed by atoms with E-state index in [0.29, 0.717) is 0 Å². The topological polar surface area (TPSA) is 68.0 Å². The number of aryl methyl sites for hydroxylation is 1.